The third-order valence-corrected chi connectivity index (χ3v) is 8.52. The molecule has 3 rings (SSSR count). The summed E-state index contributed by atoms with van der Waals surface area (Å²) in [5.74, 6) is -3.49. The van der Waals surface area contributed by atoms with Crippen LogP contribution in [0.1, 0.15) is 39.0 Å². The lowest BCUT2D eigenvalue weighted by molar-refractivity contribution is -0.205. The minimum absolute atomic E-state index is 0.321. The maximum atomic E-state index is 14.0. The molecule has 0 aromatic heterocycles. The normalized spacial score (nSPS) is 33.4. The Balaban J connectivity index is 1.52. The molecule has 8 nitrogen and oxygen atoms in total. The number of halogens is 3. The monoisotopic (exact) mass is 567 g/mol. The number of carbonyl (C=O) groups is 1. The van der Waals surface area contributed by atoms with Crippen molar-refractivity contribution in [2.75, 3.05) is 25.9 Å². The number of allylic oxidation sites excluding steroid dienone is 1. The fraction of sp³-hybridized carbons (Fsp3) is 0.800. The van der Waals surface area contributed by atoms with Crippen molar-refractivity contribution in [1.29, 1.82) is 0 Å². The van der Waals surface area contributed by atoms with E-state index in [4.69, 9.17) is 16.3 Å². The van der Waals surface area contributed by atoms with Gasteiger partial charge in [-0.2, -0.15) is 0 Å². The van der Waals surface area contributed by atoms with Crippen LogP contribution >= 0.6 is 23.4 Å². The minimum atomic E-state index is -2.66. The average molecular weight is 568 g/mol. The third-order valence-electron chi connectivity index (χ3n) is 7.39. The summed E-state index contributed by atoms with van der Waals surface area (Å²) < 4.78 is 33.8. The van der Waals surface area contributed by atoms with Gasteiger partial charge < -0.3 is 36.0 Å². The molecular formula is C25H40ClF2N3O5S. The van der Waals surface area contributed by atoms with Crippen molar-refractivity contribution in [3.05, 3.63) is 23.8 Å². The van der Waals surface area contributed by atoms with Crippen molar-refractivity contribution in [2.24, 2.45) is 5.92 Å². The van der Waals surface area contributed by atoms with Crippen LogP contribution in [0.2, 0.25) is 0 Å². The summed E-state index contributed by atoms with van der Waals surface area (Å²) in [5, 5.41) is 39.1. The van der Waals surface area contributed by atoms with Crippen LogP contribution in [0.4, 0.5) is 8.78 Å². The highest BCUT2D eigenvalue weighted by atomic mass is 35.5. The second-order valence-corrected chi connectivity index (χ2v) is 11.7. The molecule has 0 spiro atoms. The van der Waals surface area contributed by atoms with Crippen molar-refractivity contribution in [3.8, 4) is 0 Å². The van der Waals surface area contributed by atoms with Crippen LogP contribution in [0, 0.1) is 5.92 Å². The van der Waals surface area contributed by atoms with Crippen LogP contribution in [0.25, 0.3) is 0 Å². The Morgan fingerprint density at radius 2 is 2.05 bits per heavy atom. The van der Waals surface area contributed by atoms with Crippen LogP contribution in [0.5, 0.6) is 0 Å². The first-order valence-corrected chi connectivity index (χ1v) is 14.6. The lowest BCUT2D eigenvalue weighted by Gasteiger charge is -2.44. The standard InChI is InChI=1S/C25H40ClF2N3O5S/c1-14(26)18(22-20(33)19(32)21(34)24(36-22)37-2)31-23(35)17-9-8-15(10-12-30-17)5-4-11-29-13-25(27,28)16-6-3-7-16/h4-5,8,14,16-22,24,29-30,32-34H,3,6-7,9-13H2,1-2H3,(H,31,35)/b5-4+/t14-,17-,18+,19-,20+,21+,22+,24+/m0/s1. The largest absolute Gasteiger partial charge is 0.388 e. The molecule has 6 N–H and O–H groups in total. The summed E-state index contributed by atoms with van der Waals surface area (Å²) in [7, 11) is 0. The zero-order valence-corrected chi connectivity index (χ0v) is 22.9. The highest BCUT2D eigenvalue weighted by Crippen LogP contribution is 2.39. The summed E-state index contributed by atoms with van der Waals surface area (Å²) in [6.45, 7) is 2.23. The molecule has 1 amide bonds. The second kappa shape index (κ2) is 14.0. The van der Waals surface area contributed by atoms with Gasteiger partial charge in [0.05, 0.1) is 24.0 Å². The molecule has 3 aliphatic rings. The molecule has 1 saturated heterocycles. The first-order chi connectivity index (χ1) is 17.5. The van der Waals surface area contributed by atoms with Crippen LogP contribution in [0.15, 0.2) is 23.8 Å². The number of rotatable bonds is 11. The van der Waals surface area contributed by atoms with Gasteiger partial charge in [-0.25, -0.2) is 8.78 Å². The zero-order chi connectivity index (χ0) is 27.2. The third kappa shape index (κ3) is 8.11. The first kappa shape index (κ1) is 30.7. The van der Waals surface area contributed by atoms with Gasteiger partial charge in [0, 0.05) is 12.5 Å². The molecule has 12 heteroatoms. The summed E-state index contributed by atoms with van der Waals surface area (Å²) in [6.07, 6.45) is 5.40. The number of nitrogens with one attached hydrogen (secondary N) is 3. The van der Waals surface area contributed by atoms with E-state index in [1.807, 2.05) is 18.2 Å². The summed E-state index contributed by atoms with van der Waals surface area (Å²) in [6, 6.07) is -1.35. The molecule has 1 aliphatic carbocycles. The molecule has 212 valence electrons. The molecule has 0 aromatic rings. The maximum Gasteiger partial charge on any atom is 0.263 e. The van der Waals surface area contributed by atoms with Crippen LogP contribution < -0.4 is 16.0 Å². The van der Waals surface area contributed by atoms with Gasteiger partial charge in [-0.15, -0.1) is 23.4 Å². The second-order valence-electron chi connectivity index (χ2n) is 10.1. The quantitative estimate of drug-likeness (QED) is 0.164. The SMILES string of the molecule is CS[C@H]1O[C@H]([C@H](NC(=O)[C@@H]2CC=C(/C=C/CNCC(F)(F)C3CCC3)CCN2)[C@H](C)Cl)[C@H](O)[C@H](O)[C@H]1O. The molecule has 2 heterocycles. The van der Waals surface area contributed by atoms with Crippen LogP contribution in [-0.2, 0) is 9.53 Å². The van der Waals surface area contributed by atoms with E-state index in [2.05, 4.69) is 16.0 Å². The van der Waals surface area contributed by atoms with Gasteiger partial charge >= 0.3 is 0 Å². The summed E-state index contributed by atoms with van der Waals surface area (Å²) in [5.41, 5.74) is 0.231. The smallest absolute Gasteiger partial charge is 0.263 e. The number of thioether (sulfide) groups is 1. The Morgan fingerprint density at radius 1 is 1.32 bits per heavy atom. The molecule has 0 radical (unpaired) electrons. The van der Waals surface area contributed by atoms with Gasteiger partial charge in [-0.1, -0.05) is 30.2 Å². The predicted molar refractivity (Wildman–Crippen MR) is 141 cm³/mol. The fourth-order valence-corrected chi connectivity index (χ4v) is 5.68. The highest BCUT2D eigenvalue weighted by molar-refractivity contribution is 7.99. The number of ether oxygens (including phenoxy) is 1. The summed E-state index contributed by atoms with van der Waals surface area (Å²) >= 11 is 7.53. The van der Waals surface area contributed by atoms with E-state index in [0.717, 1.165) is 12.0 Å². The number of amides is 1. The lowest BCUT2D eigenvalue weighted by Crippen LogP contribution is -2.65. The van der Waals surface area contributed by atoms with Crippen molar-refractivity contribution < 1.29 is 33.6 Å². The number of aliphatic hydroxyl groups excluding tert-OH is 3. The molecule has 0 aromatic carbocycles. The molecule has 8 atom stereocenters. The molecule has 0 unspecified atom stereocenters. The highest BCUT2D eigenvalue weighted by Gasteiger charge is 2.48. The Labute approximate surface area is 226 Å². The van der Waals surface area contributed by atoms with Gasteiger partial charge in [0.15, 0.2) is 0 Å². The molecule has 37 heavy (non-hydrogen) atoms. The van der Waals surface area contributed by atoms with E-state index in [-0.39, 0.29) is 12.5 Å². The Morgan fingerprint density at radius 3 is 2.68 bits per heavy atom. The van der Waals surface area contributed by atoms with Crippen molar-refractivity contribution in [2.45, 2.75) is 92.3 Å². The van der Waals surface area contributed by atoms with Crippen molar-refractivity contribution >= 4 is 29.3 Å². The molecule has 2 fully saturated rings. The number of hydrogen-bond donors (Lipinski definition) is 6. The maximum absolute atomic E-state index is 14.0. The van der Waals surface area contributed by atoms with E-state index in [0.29, 0.717) is 38.8 Å². The lowest BCUT2D eigenvalue weighted by atomic mass is 9.80. The summed E-state index contributed by atoms with van der Waals surface area (Å²) in [4.78, 5) is 13.1. The van der Waals surface area contributed by atoms with E-state index in [9.17, 15) is 28.9 Å². The van der Waals surface area contributed by atoms with Crippen molar-refractivity contribution in [1.82, 2.24) is 16.0 Å². The molecular weight excluding hydrogens is 528 g/mol. The number of hydrogen-bond acceptors (Lipinski definition) is 8. The Hall–Kier alpha value is -0.790. The van der Waals surface area contributed by atoms with Crippen molar-refractivity contribution in [3.63, 3.8) is 0 Å². The molecule has 2 aliphatic heterocycles. The Kier molecular flexibility index (Phi) is 11.7. The number of carbonyl (C=O) groups excluding carboxylic acids is 1. The van der Waals surface area contributed by atoms with E-state index in [1.54, 1.807) is 13.2 Å². The topological polar surface area (TPSA) is 123 Å². The average Bonchev–Trinajstić information content (AvgIpc) is 3.05. The number of aliphatic hydroxyl groups is 3. The fourth-order valence-electron chi connectivity index (χ4n) is 4.79. The Bertz CT molecular complexity index is 815. The molecule has 0 bridgehead atoms. The van der Waals surface area contributed by atoms with Crippen LogP contribution in [-0.4, -0.2) is 100 Å². The van der Waals surface area contributed by atoms with Gasteiger partial charge in [0.25, 0.3) is 5.92 Å². The van der Waals surface area contributed by atoms with E-state index < -0.39 is 59.2 Å². The van der Waals surface area contributed by atoms with Gasteiger partial charge in [-0.05, 0) is 45.4 Å². The number of alkyl halides is 3. The zero-order valence-electron chi connectivity index (χ0n) is 21.3. The molecule has 1 saturated carbocycles. The van der Waals surface area contributed by atoms with Gasteiger partial charge in [0.1, 0.15) is 29.9 Å². The van der Waals surface area contributed by atoms with Gasteiger partial charge in [-0.3, -0.25) is 4.79 Å². The predicted octanol–water partition coefficient (Wildman–Crippen LogP) is 1.53. The van der Waals surface area contributed by atoms with Gasteiger partial charge in [0.2, 0.25) is 5.91 Å². The van der Waals surface area contributed by atoms with E-state index in [1.165, 1.54) is 11.8 Å². The van der Waals surface area contributed by atoms with Crippen LogP contribution in [0.3, 0.4) is 0 Å². The van der Waals surface area contributed by atoms with E-state index >= 15 is 0 Å². The first-order valence-electron chi connectivity index (χ1n) is 12.9. The minimum Gasteiger partial charge on any atom is -0.388 e.